The van der Waals surface area contributed by atoms with Crippen molar-refractivity contribution in [3.05, 3.63) is 35.9 Å². The van der Waals surface area contributed by atoms with Crippen LogP contribution in [-0.4, -0.2) is 19.1 Å². The van der Waals surface area contributed by atoms with E-state index in [-0.39, 0.29) is 17.9 Å². The van der Waals surface area contributed by atoms with Crippen LogP contribution in [0.2, 0.25) is 0 Å². The first-order valence-electron chi connectivity index (χ1n) is 5.64. The molecule has 0 aliphatic heterocycles. The molecule has 1 amide bonds. The average Bonchev–Trinajstić information content (AvgIpc) is 2.26. The van der Waals surface area contributed by atoms with E-state index in [1.807, 2.05) is 30.3 Å². The molecule has 86 valence electrons. The zero-order valence-corrected chi connectivity index (χ0v) is 9.48. The summed E-state index contributed by atoms with van der Waals surface area (Å²) in [4.78, 5) is 11.7. The van der Waals surface area contributed by atoms with Crippen molar-refractivity contribution >= 4 is 5.91 Å². The number of benzene rings is 1. The summed E-state index contributed by atoms with van der Waals surface area (Å²) in [5, 5.41) is 2.95. The summed E-state index contributed by atoms with van der Waals surface area (Å²) < 4.78 is 5.15. The van der Waals surface area contributed by atoms with E-state index in [1.165, 1.54) is 0 Å². The van der Waals surface area contributed by atoms with Gasteiger partial charge in [-0.15, -0.1) is 0 Å². The van der Waals surface area contributed by atoms with Gasteiger partial charge in [0.1, 0.15) is 0 Å². The highest BCUT2D eigenvalue weighted by Crippen LogP contribution is 2.29. The molecule has 1 saturated carbocycles. The maximum Gasteiger partial charge on any atom is 0.223 e. The van der Waals surface area contributed by atoms with Gasteiger partial charge in [0.05, 0.1) is 6.10 Å². The zero-order chi connectivity index (χ0) is 11.4. The number of nitrogens with one attached hydrogen (secondary N) is 1. The maximum absolute atomic E-state index is 11.7. The summed E-state index contributed by atoms with van der Waals surface area (Å²) in [6.07, 6.45) is 2.00. The van der Waals surface area contributed by atoms with Crippen LogP contribution in [0.1, 0.15) is 18.4 Å². The predicted octanol–water partition coefficient (Wildman–Crippen LogP) is 1.73. The summed E-state index contributed by atoms with van der Waals surface area (Å²) in [6.45, 7) is 0.619. The maximum atomic E-state index is 11.7. The Bertz CT molecular complexity index is 344. The average molecular weight is 219 g/mol. The normalized spacial score (nSPS) is 23.6. The topological polar surface area (TPSA) is 38.3 Å². The molecule has 1 aliphatic carbocycles. The van der Waals surface area contributed by atoms with E-state index in [9.17, 15) is 4.79 Å². The van der Waals surface area contributed by atoms with Crippen LogP contribution in [0.3, 0.4) is 0 Å². The molecular formula is C13H17NO2. The molecule has 0 bridgehead atoms. The number of amides is 1. The van der Waals surface area contributed by atoms with E-state index in [4.69, 9.17) is 4.74 Å². The van der Waals surface area contributed by atoms with E-state index in [2.05, 4.69) is 5.32 Å². The van der Waals surface area contributed by atoms with E-state index < -0.39 is 0 Å². The van der Waals surface area contributed by atoms with Gasteiger partial charge in [0.25, 0.3) is 0 Å². The van der Waals surface area contributed by atoms with Crippen LogP contribution in [0.4, 0.5) is 0 Å². The first kappa shape index (κ1) is 11.1. The second-order valence-corrected chi connectivity index (χ2v) is 4.23. The lowest BCUT2D eigenvalue weighted by Crippen LogP contribution is -2.41. The lowest BCUT2D eigenvalue weighted by Gasteiger charge is -2.32. The van der Waals surface area contributed by atoms with E-state index in [0.29, 0.717) is 6.54 Å². The molecular weight excluding hydrogens is 202 g/mol. The minimum Gasteiger partial charge on any atom is -0.381 e. The minimum absolute atomic E-state index is 0.147. The van der Waals surface area contributed by atoms with Gasteiger partial charge in [0.2, 0.25) is 5.91 Å². The first-order chi connectivity index (χ1) is 7.79. The number of carbonyl (C=O) groups is 1. The fraction of sp³-hybridized carbons (Fsp3) is 0.462. The third-order valence-electron chi connectivity index (χ3n) is 3.11. The Kier molecular flexibility index (Phi) is 3.57. The Morgan fingerprint density at radius 3 is 2.69 bits per heavy atom. The summed E-state index contributed by atoms with van der Waals surface area (Å²) in [5.41, 5.74) is 1.14. The van der Waals surface area contributed by atoms with Crippen molar-refractivity contribution in [1.82, 2.24) is 5.32 Å². The van der Waals surface area contributed by atoms with Crippen LogP contribution >= 0.6 is 0 Å². The minimum atomic E-state index is 0.147. The van der Waals surface area contributed by atoms with Crippen LogP contribution < -0.4 is 5.32 Å². The van der Waals surface area contributed by atoms with Gasteiger partial charge in [-0.05, 0) is 18.4 Å². The summed E-state index contributed by atoms with van der Waals surface area (Å²) >= 11 is 0. The van der Waals surface area contributed by atoms with Crippen molar-refractivity contribution < 1.29 is 9.53 Å². The van der Waals surface area contributed by atoms with Crippen LogP contribution in [0.25, 0.3) is 0 Å². The molecule has 1 fully saturated rings. The van der Waals surface area contributed by atoms with Gasteiger partial charge >= 0.3 is 0 Å². The van der Waals surface area contributed by atoms with Gasteiger partial charge in [-0.2, -0.15) is 0 Å². The molecule has 3 nitrogen and oxygen atoms in total. The number of carbonyl (C=O) groups excluding carboxylic acids is 1. The largest absolute Gasteiger partial charge is 0.381 e. The van der Waals surface area contributed by atoms with Gasteiger partial charge in [0, 0.05) is 19.6 Å². The Hall–Kier alpha value is -1.35. The summed E-state index contributed by atoms with van der Waals surface area (Å²) in [7, 11) is 1.70. The Labute approximate surface area is 95.8 Å². The molecule has 0 aromatic heterocycles. The van der Waals surface area contributed by atoms with Gasteiger partial charge < -0.3 is 10.1 Å². The SMILES string of the molecule is CO[C@H]1C[C@H](C(=O)NCc2ccccc2)C1. The monoisotopic (exact) mass is 219 g/mol. The number of hydrogen-bond acceptors (Lipinski definition) is 2. The van der Waals surface area contributed by atoms with Gasteiger partial charge in [-0.3, -0.25) is 4.79 Å². The van der Waals surface area contributed by atoms with Crippen LogP contribution in [0.5, 0.6) is 0 Å². The molecule has 0 saturated heterocycles. The van der Waals surface area contributed by atoms with Gasteiger partial charge in [-0.1, -0.05) is 30.3 Å². The van der Waals surface area contributed by atoms with Crippen LogP contribution in [0, 0.1) is 5.92 Å². The fourth-order valence-corrected chi connectivity index (χ4v) is 1.90. The van der Waals surface area contributed by atoms with Crippen molar-refractivity contribution in [2.45, 2.75) is 25.5 Å². The van der Waals surface area contributed by atoms with Gasteiger partial charge in [0.15, 0.2) is 0 Å². The molecule has 0 atom stereocenters. The highest BCUT2D eigenvalue weighted by molar-refractivity contribution is 5.79. The van der Waals surface area contributed by atoms with E-state index >= 15 is 0 Å². The highest BCUT2D eigenvalue weighted by atomic mass is 16.5. The standard InChI is InChI=1S/C13H17NO2/c1-16-12-7-11(8-12)13(15)14-9-10-5-3-2-4-6-10/h2-6,11-12H,7-9H2,1H3,(H,14,15)/t11-,12-. The molecule has 1 N–H and O–H groups in total. The Balaban J connectivity index is 1.73. The number of hydrogen-bond donors (Lipinski definition) is 1. The van der Waals surface area contributed by atoms with Crippen LogP contribution in [0.15, 0.2) is 30.3 Å². The highest BCUT2D eigenvalue weighted by Gasteiger charge is 2.34. The van der Waals surface area contributed by atoms with E-state index in [0.717, 1.165) is 18.4 Å². The van der Waals surface area contributed by atoms with E-state index in [1.54, 1.807) is 7.11 Å². The molecule has 3 heteroatoms. The Morgan fingerprint density at radius 1 is 1.38 bits per heavy atom. The molecule has 1 aromatic carbocycles. The van der Waals surface area contributed by atoms with Crippen molar-refractivity contribution in [3.63, 3.8) is 0 Å². The first-order valence-corrected chi connectivity index (χ1v) is 5.64. The molecule has 0 spiro atoms. The molecule has 0 radical (unpaired) electrons. The summed E-state index contributed by atoms with van der Waals surface area (Å²) in [6, 6.07) is 9.95. The zero-order valence-electron chi connectivity index (χ0n) is 9.48. The number of ether oxygens (including phenoxy) is 1. The molecule has 1 aromatic rings. The second kappa shape index (κ2) is 5.12. The lowest BCUT2D eigenvalue weighted by atomic mass is 9.81. The number of rotatable bonds is 4. The fourth-order valence-electron chi connectivity index (χ4n) is 1.90. The van der Waals surface area contributed by atoms with Crippen molar-refractivity contribution in [2.24, 2.45) is 5.92 Å². The van der Waals surface area contributed by atoms with Crippen molar-refractivity contribution in [1.29, 1.82) is 0 Å². The molecule has 0 unspecified atom stereocenters. The summed E-state index contributed by atoms with van der Waals surface area (Å²) in [5.74, 6) is 0.297. The van der Waals surface area contributed by atoms with Crippen molar-refractivity contribution in [2.75, 3.05) is 7.11 Å². The quantitative estimate of drug-likeness (QED) is 0.837. The number of methoxy groups -OCH3 is 1. The Morgan fingerprint density at radius 2 is 2.06 bits per heavy atom. The molecule has 2 rings (SSSR count). The molecule has 16 heavy (non-hydrogen) atoms. The second-order valence-electron chi connectivity index (χ2n) is 4.23. The smallest absolute Gasteiger partial charge is 0.223 e. The third-order valence-corrected chi connectivity index (χ3v) is 3.11. The van der Waals surface area contributed by atoms with Gasteiger partial charge in [-0.25, -0.2) is 0 Å². The lowest BCUT2D eigenvalue weighted by molar-refractivity contribution is -0.132. The third kappa shape index (κ3) is 2.61. The molecule has 1 aliphatic rings. The molecule has 0 heterocycles. The van der Waals surface area contributed by atoms with Crippen LogP contribution in [-0.2, 0) is 16.1 Å². The predicted molar refractivity (Wildman–Crippen MR) is 61.8 cm³/mol. The van der Waals surface area contributed by atoms with Crippen molar-refractivity contribution in [3.8, 4) is 0 Å².